The quantitative estimate of drug-likeness (QED) is 0.568. The topological polar surface area (TPSA) is 68.0 Å². The number of nitrogens with zero attached hydrogens (tertiary/aromatic N) is 2. The Morgan fingerprint density at radius 2 is 1.59 bits per heavy atom. The van der Waals surface area contributed by atoms with Crippen molar-refractivity contribution >= 4 is 11.6 Å². The highest BCUT2D eigenvalue weighted by atomic mass is 19.1. The number of nitrogens with one attached hydrogen (secondary N) is 1. The molecule has 0 aliphatic carbocycles. The van der Waals surface area contributed by atoms with Crippen molar-refractivity contribution in [2.75, 3.05) is 5.32 Å². The van der Waals surface area contributed by atoms with Crippen LogP contribution in [0.2, 0.25) is 0 Å². The summed E-state index contributed by atoms with van der Waals surface area (Å²) in [4.78, 5) is 17.1. The summed E-state index contributed by atoms with van der Waals surface area (Å²) in [5, 5.41) is 6.55. The van der Waals surface area contributed by atoms with Crippen LogP contribution in [-0.4, -0.2) is 16.0 Å². The zero-order valence-corrected chi connectivity index (χ0v) is 14.1. The largest absolute Gasteiger partial charge is 0.334 e. The average Bonchev–Trinajstić information content (AvgIpc) is 3.20. The normalized spacial score (nSPS) is 10.6. The van der Waals surface area contributed by atoms with Gasteiger partial charge in [0.05, 0.1) is 16.8 Å². The molecule has 0 spiro atoms. The number of benzene rings is 3. The number of hydrogen-bond acceptors (Lipinski definition) is 4. The molecular formula is C21H14FN3O2. The number of carbonyl (C=O) groups is 1. The van der Waals surface area contributed by atoms with E-state index < -0.39 is 11.7 Å². The molecule has 4 aromatic rings. The Morgan fingerprint density at radius 3 is 2.41 bits per heavy atom. The lowest BCUT2D eigenvalue weighted by Gasteiger charge is -2.08. The number of amides is 1. The van der Waals surface area contributed by atoms with E-state index in [-0.39, 0.29) is 11.6 Å². The third-order valence-corrected chi connectivity index (χ3v) is 3.98. The van der Waals surface area contributed by atoms with Crippen molar-refractivity contribution in [3.8, 4) is 22.8 Å². The molecule has 132 valence electrons. The first-order valence-corrected chi connectivity index (χ1v) is 8.27. The standard InChI is InChI=1S/C21H14FN3O2/c22-17-12-6-7-13-18(17)23-20(26)15-10-4-5-11-16(15)21-24-19(25-27-21)14-8-2-1-3-9-14/h1-13H,(H,23,26). The molecule has 0 saturated carbocycles. The Hall–Kier alpha value is -3.80. The molecular weight excluding hydrogens is 345 g/mol. The van der Waals surface area contributed by atoms with E-state index in [2.05, 4.69) is 15.5 Å². The summed E-state index contributed by atoms with van der Waals surface area (Å²) in [5.41, 5.74) is 1.69. The lowest BCUT2D eigenvalue weighted by Crippen LogP contribution is -2.14. The van der Waals surface area contributed by atoms with Gasteiger partial charge in [0.1, 0.15) is 5.82 Å². The molecule has 6 heteroatoms. The van der Waals surface area contributed by atoms with Crippen molar-refractivity contribution in [1.82, 2.24) is 10.1 Å². The minimum absolute atomic E-state index is 0.104. The Bertz CT molecular complexity index is 1090. The maximum absolute atomic E-state index is 13.8. The fourth-order valence-corrected chi connectivity index (χ4v) is 2.66. The van der Waals surface area contributed by atoms with Crippen LogP contribution in [0.25, 0.3) is 22.8 Å². The number of halogens is 1. The van der Waals surface area contributed by atoms with Crippen LogP contribution in [0.15, 0.2) is 83.4 Å². The number of anilines is 1. The van der Waals surface area contributed by atoms with E-state index in [4.69, 9.17) is 4.52 Å². The van der Waals surface area contributed by atoms with E-state index >= 15 is 0 Å². The zero-order valence-electron chi connectivity index (χ0n) is 14.1. The Morgan fingerprint density at radius 1 is 0.889 bits per heavy atom. The predicted octanol–water partition coefficient (Wildman–Crippen LogP) is 4.80. The third kappa shape index (κ3) is 3.46. The van der Waals surface area contributed by atoms with Crippen molar-refractivity contribution in [3.63, 3.8) is 0 Å². The first-order valence-electron chi connectivity index (χ1n) is 8.27. The number of rotatable bonds is 4. The predicted molar refractivity (Wildman–Crippen MR) is 99.5 cm³/mol. The van der Waals surface area contributed by atoms with Gasteiger partial charge in [0.15, 0.2) is 0 Å². The van der Waals surface area contributed by atoms with Gasteiger partial charge in [-0.25, -0.2) is 4.39 Å². The molecule has 0 radical (unpaired) electrons. The second-order valence-corrected chi connectivity index (χ2v) is 5.77. The van der Waals surface area contributed by atoms with Gasteiger partial charge in [-0.15, -0.1) is 0 Å². The van der Waals surface area contributed by atoms with E-state index in [1.807, 2.05) is 30.3 Å². The summed E-state index contributed by atoms with van der Waals surface area (Å²) in [6.45, 7) is 0. The lowest BCUT2D eigenvalue weighted by molar-refractivity contribution is 0.102. The Kier molecular flexibility index (Phi) is 4.45. The van der Waals surface area contributed by atoms with Crippen LogP contribution in [0.1, 0.15) is 10.4 Å². The van der Waals surface area contributed by atoms with E-state index in [0.717, 1.165) is 5.56 Å². The van der Waals surface area contributed by atoms with Crippen molar-refractivity contribution in [3.05, 3.63) is 90.2 Å². The summed E-state index contributed by atoms with van der Waals surface area (Å²) in [7, 11) is 0. The minimum atomic E-state index is -0.507. The van der Waals surface area contributed by atoms with E-state index in [9.17, 15) is 9.18 Å². The maximum Gasteiger partial charge on any atom is 0.259 e. The maximum atomic E-state index is 13.8. The molecule has 5 nitrogen and oxygen atoms in total. The van der Waals surface area contributed by atoms with Crippen LogP contribution in [0.5, 0.6) is 0 Å². The van der Waals surface area contributed by atoms with Crippen molar-refractivity contribution < 1.29 is 13.7 Å². The van der Waals surface area contributed by atoms with Crippen LogP contribution >= 0.6 is 0 Å². The number of hydrogen-bond donors (Lipinski definition) is 1. The van der Waals surface area contributed by atoms with Gasteiger partial charge < -0.3 is 9.84 Å². The molecule has 3 aromatic carbocycles. The van der Waals surface area contributed by atoms with Crippen LogP contribution in [0.4, 0.5) is 10.1 Å². The van der Waals surface area contributed by atoms with Gasteiger partial charge in [-0.1, -0.05) is 59.8 Å². The molecule has 0 aliphatic heterocycles. The summed E-state index contributed by atoms with van der Waals surface area (Å²) in [6, 6.07) is 22.2. The zero-order chi connectivity index (χ0) is 18.6. The molecule has 0 bridgehead atoms. The lowest BCUT2D eigenvalue weighted by atomic mass is 10.1. The third-order valence-electron chi connectivity index (χ3n) is 3.98. The molecule has 4 rings (SSSR count). The van der Waals surface area contributed by atoms with Crippen LogP contribution in [0, 0.1) is 5.82 Å². The Balaban J connectivity index is 1.67. The van der Waals surface area contributed by atoms with Gasteiger partial charge in [-0.2, -0.15) is 4.98 Å². The molecule has 0 aliphatic rings. The molecule has 0 atom stereocenters. The second-order valence-electron chi connectivity index (χ2n) is 5.77. The number of aromatic nitrogens is 2. The van der Waals surface area contributed by atoms with Gasteiger partial charge in [0.2, 0.25) is 5.82 Å². The van der Waals surface area contributed by atoms with Crippen molar-refractivity contribution in [2.24, 2.45) is 0 Å². The van der Waals surface area contributed by atoms with Crippen LogP contribution in [-0.2, 0) is 0 Å². The van der Waals surface area contributed by atoms with Gasteiger partial charge in [0, 0.05) is 5.56 Å². The first kappa shape index (κ1) is 16.7. The SMILES string of the molecule is O=C(Nc1ccccc1F)c1ccccc1-c1nc(-c2ccccc2)no1. The monoisotopic (exact) mass is 359 g/mol. The van der Waals surface area contributed by atoms with Gasteiger partial charge >= 0.3 is 0 Å². The highest BCUT2D eigenvalue weighted by molar-refractivity contribution is 6.08. The van der Waals surface area contributed by atoms with E-state index in [0.29, 0.717) is 17.0 Å². The average molecular weight is 359 g/mol. The van der Waals surface area contributed by atoms with Gasteiger partial charge in [-0.3, -0.25) is 4.79 Å². The number of carbonyl (C=O) groups excluding carboxylic acids is 1. The molecule has 27 heavy (non-hydrogen) atoms. The molecule has 1 N–H and O–H groups in total. The van der Waals surface area contributed by atoms with Gasteiger partial charge in [-0.05, 0) is 24.3 Å². The van der Waals surface area contributed by atoms with Gasteiger partial charge in [0.25, 0.3) is 11.8 Å². The van der Waals surface area contributed by atoms with Crippen LogP contribution in [0.3, 0.4) is 0 Å². The molecule has 1 heterocycles. The summed E-state index contributed by atoms with van der Waals surface area (Å²) >= 11 is 0. The summed E-state index contributed by atoms with van der Waals surface area (Å²) in [5.74, 6) is -0.328. The first-order chi connectivity index (χ1) is 13.2. The fourth-order valence-electron chi connectivity index (χ4n) is 2.66. The molecule has 0 fully saturated rings. The number of para-hydroxylation sites is 1. The van der Waals surface area contributed by atoms with Crippen LogP contribution < -0.4 is 5.32 Å². The highest BCUT2D eigenvalue weighted by Crippen LogP contribution is 2.26. The summed E-state index contributed by atoms with van der Waals surface area (Å²) in [6.07, 6.45) is 0. The second kappa shape index (κ2) is 7.21. The fraction of sp³-hybridized carbons (Fsp3) is 0. The van der Waals surface area contributed by atoms with E-state index in [1.165, 1.54) is 12.1 Å². The highest BCUT2D eigenvalue weighted by Gasteiger charge is 2.18. The van der Waals surface area contributed by atoms with E-state index in [1.54, 1.807) is 36.4 Å². The van der Waals surface area contributed by atoms with Crippen molar-refractivity contribution in [1.29, 1.82) is 0 Å². The Labute approximate surface area is 154 Å². The molecule has 1 aromatic heterocycles. The minimum Gasteiger partial charge on any atom is -0.334 e. The molecule has 0 unspecified atom stereocenters. The smallest absolute Gasteiger partial charge is 0.259 e. The molecule has 1 amide bonds. The summed E-state index contributed by atoms with van der Waals surface area (Å²) < 4.78 is 19.2. The molecule has 0 saturated heterocycles. The van der Waals surface area contributed by atoms with Crippen molar-refractivity contribution in [2.45, 2.75) is 0 Å².